The van der Waals surface area contributed by atoms with Crippen molar-refractivity contribution < 1.29 is 9.90 Å². The van der Waals surface area contributed by atoms with E-state index in [1.807, 2.05) is 5.38 Å². The predicted molar refractivity (Wildman–Crippen MR) is 47.1 cm³/mol. The number of nitrogens with zero attached hydrogens (tertiary/aromatic N) is 1. The third-order valence-electron chi connectivity index (χ3n) is 1.39. The van der Waals surface area contributed by atoms with E-state index in [0.717, 1.165) is 5.69 Å². The molecule has 0 saturated carbocycles. The van der Waals surface area contributed by atoms with Gasteiger partial charge in [-0.05, 0) is 12.8 Å². The van der Waals surface area contributed by atoms with Gasteiger partial charge < -0.3 is 10.8 Å². The summed E-state index contributed by atoms with van der Waals surface area (Å²) in [6.07, 6.45) is 1.51. The number of thiazole rings is 1. The standard InChI is InChI=1S/C7H10N2O2S/c8-7-9-5(4-12-7)2-1-3-6(10)11/h4H,1-3H2,(H2,8,9)(H,10,11). The largest absolute Gasteiger partial charge is 0.481 e. The van der Waals surface area contributed by atoms with Gasteiger partial charge in [-0.25, -0.2) is 4.98 Å². The SMILES string of the molecule is Nc1nc(CCCC(=O)O)cs1. The third-order valence-corrected chi connectivity index (χ3v) is 2.12. The van der Waals surface area contributed by atoms with Crippen molar-refractivity contribution in [3.05, 3.63) is 11.1 Å². The van der Waals surface area contributed by atoms with Crippen LogP contribution in [0, 0.1) is 0 Å². The summed E-state index contributed by atoms with van der Waals surface area (Å²) < 4.78 is 0. The first-order chi connectivity index (χ1) is 5.68. The summed E-state index contributed by atoms with van der Waals surface area (Å²) in [5, 5.41) is 10.8. The number of nitrogen functional groups attached to an aromatic ring is 1. The molecule has 66 valence electrons. The lowest BCUT2D eigenvalue weighted by Crippen LogP contribution is -1.96. The minimum absolute atomic E-state index is 0.192. The second-order valence-corrected chi connectivity index (χ2v) is 3.31. The normalized spacial score (nSPS) is 10.0. The summed E-state index contributed by atoms with van der Waals surface area (Å²) in [5.41, 5.74) is 6.29. The Labute approximate surface area is 74.0 Å². The molecule has 0 saturated heterocycles. The number of carboxylic acids is 1. The zero-order valence-electron chi connectivity index (χ0n) is 6.49. The lowest BCUT2D eigenvalue weighted by molar-refractivity contribution is -0.137. The lowest BCUT2D eigenvalue weighted by Gasteiger charge is -1.92. The van der Waals surface area contributed by atoms with E-state index in [-0.39, 0.29) is 6.42 Å². The molecule has 0 amide bonds. The third kappa shape index (κ3) is 2.87. The van der Waals surface area contributed by atoms with Gasteiger partial charge in [0.1, 0.15) is 0 Å². The van der Waals surface area contributed by atoms with Crippen LogP contribution in [0.2, 0.25) is 0 Å². The van der Waals surface area contributed by atoms with Crippen LogP contribution in [0.3, 0.4) is 0 Å². The number of aliphatic carboxylic acids is 1. The van der Waals surface area contributed by atoms with Crippen molar-refractivity contribution >= 4 is 22.4 Å². The van der Waals surface area contributed by atoms with E-state index < -0.39 is 5.97 Å². The minimum atomic E-state index is -0.766. The van der Waals surface area contributed by atoms with Gasteiger partial charge in [-0.1, -0.05) is 0 Å². The van der Waals surface area contributed by atoms with E-state index >= 15 is 0 Å². The Morgan fingerprint density at radius 3 is 3.00 bits per heavy atom. The van der Waals surface area contributed by atoms with E-state index in [4.69, 9.17) is 10.8 Å². The van der Waals surface area contributed by atoms with Crippen LogP contribution in [0.15, 0.2) is 5.38 Å². The fourth-order valence-corrected chi connectivity index (χ4v) is 1.46. The molecule has 1 rings (SSSR count). The molecule has 0 aliphatic rings. The summed E-state index contributed by atoms with van der Waals surface area (Å²) in [6.45, 7) is 0. The fourth-order valence-electron chi connectivity index (χ4n) is 0.858. The predicted octanol–water partition coefficient (Wildman–Crippen LogP) is 1.13. The smallest absolute Gasteiger partial charge is 0.303 e. The molecular formula is C7H10N2O2S. The van der Waals surface area contributed by atoms with Crippen molar-refractivity contribution in [3.8, 4) is 0 Å². The van der Waals surface area contributed by atoms with Gasteiger partial charge in [0, 0.05) is 11.8 Å². The molecule has 0 aliphatic heterocycles. The first kappa shape index (κ1) is 8.99. The molecule has 1 aromatic rings. The highest BCUT2D eigenvalue weighted by molar-refractivity contribution is 7.13. The van der Waals surface area contributed by atoms with Gasteiger partial charge in [0.15, 0.2) is 5.13 Å². The molecule has 5 heteroatoms. The van der Waals surface area contributed by atoms with Crippen LogP contribution >= 0.6 is 11.3 Å². The highest BCUT2D eigenvalue weighted by atomic mass is 32.1. The molecule has 0 aromatic carbocycles. The van der Waals surface area contributed by atoms with Crippen molar-refractivity contribution in [1.82, 2.24) is 4.98 Å². The highest BCUT2D eigenvalue weighted by Crippen LogP contribution is 2.12. The van der Waals surface area contributed by atoms with Crippen molar-refractivity contribution in [1.29, 1.82) is 0 Å². The monoisotopic (exact) mass is 186 g/mol. The van der Waals surface area contributed by atoms with Crippen molar-refractivity contribution in [3.63, 3.8) is 0 Å². The zero-order chi connectivity index (χ0) is 8.97. The van der Waals surface area contributed by atoms with Gasteiger partial charge in [0.2, 0.25) is 0 Å². The zero-order valence-corrected chi connectivity index (χ0v) is 7.30. The maximum Gasteiger partial charge on any atom is 0.303 e. The van der Waals surface area contributed by atoms with E-state index in [1.165, 1.54) is 11.3 Å². The average Bonchev–Trinajstić information content (AvgIpc) is 2.35. The summed E-state index contributed by atoms with van der Waals surface area (Å²) in [6, 6.07) is 0. The Morgan fingerprint density at radius 1 is 1.75 bits per heavy atom. The number of aromatic nitrogens is 1. The van der Waals surface area contributed by atoms with Crippen LogP contribution in [0.25, 0.3) is 0 Å². The molecule has 0 aliphatic carbocycles. The molecule has 0 bridgehead atoms. The number of carbonyl (C=O) groups is 1. The molecule has 0 radical (unpaired) electrons. The van der Waals surface area contributed by atoms with Gasteiger partial charge in [-0.3, -0.25) is 4.79 Å². The highest BCUT2D eigenvalue weighted by Gasteiger charge is 2.00. The minimum Gasteiger partial charge on any atom is -0.481 e. The Bertz CT molecular complexity index is 272. The molecule has 0 spiro atoms. The number of carboxylic acid groups (broad SMARTS) is 1. The first-order valence-electron chi connectivity index (χ1n) is 3.60. The molecule has 12 heavy (non-hydrogen) atoms. The number of hydrogen-bond donors (Lipinski definition) is 2. The summed E-state index contributed by atoms with van der Waals surface area (Å²) in [4.78, 5) is 14.2. The number of aryl methyl sites for hydroxylation is 1. The molecule has 3 N–H and O–H groups in total. The fraction of sp³-hybridized carbons (Fsp3) is 0.429. The van der Waals surface area contributed by atoms with Gasteiger partial charge in [0.25, 0.3) is 0 Å². The summed E-state index contributed by atoms with van der Waals surface area (Å²) >= 11 is 1.38. The average molecular weight is 186 g/mol. The topological polar surface area (TPSA) is 76.2 Å². The molecule has 4 nitrogen and oxygen atoms in total. The maximum absolute atomic E-state index is 10.2. The quantitative estimate of drug-likeness (QED) is 0.739. The summed E-state index contributed by atoms with van der Waals surface area (Å²) in [5.74, 6) is -0.766. The molecule has 1 aromatic heterocycles. The Morgan fingerprint density at radius 2 is 2.50 bits per heavy atom. The molecule has 0 atom stereocenters. The number of hydrogen-bond acceptors (Lipinski definition) is 4. The van der Waals surface area contributed by atoms with E-state index in [9.17, 15) is 4.79 Å². The van der Waals surface area contributed by atoms with Crippen LogP contribution in [0.4, 0.5) is 5.13 Å². The molecular weight excluding hydrogens is 176 g/mol. The number of nitrogens with two attached hydrogens (primary N) is 1. The second-order valence-electron chi connectivity index (χ2n) is 2.42. The van der Waals surface area contributed by atoms with Crippen LogP contribution in [-0.4, -0.2) is 16.1 Å². The second kappa shape index (κ2) is 4.06. The van der Waals surface area contributed by atoms with Gasteiger partial charge in [-0.15, -0.1) is 11.3 Å². The van der Waals surface area contributed by atoms with E-state index in [0.29, 0.717) is 18.0 Å². The Kier molecular flexibility index (Phi) is 3.04. The van der Waals surface area contributed by atoms with Crippen LogP contribution in [-0.2, 0) is 11.2 Å². The van der Waals surface area contributed by atoms with E-state index in [1.54, 1.807) is 0 Å². The van der Waals surface area contributed by atoms with Crippen LogP contribution in [0.5, 0.6) is 0 Å². The maximum atomic E-state index is 10.2. The van der Waals surface area contributed by atoms with Crippen molar-refractivity contribution in [2.45, 2.75) is 19.3 Å². The molecule has 0 unspecified atom stereocenters. The number of rotatable bonds is 4. The van der Waals surface area contributed by atoms with Gasteiger partial charge in [-0.2, -0.15) is 0 Å². The lowest BCUT2D eigenvalue weighted by atomic mass is 10.2. The van der Waals surface area contributed by atoms with Crippen molar-refractivity contribution in [2.24, 2.45) is 0 Å². The molecule has 1 heterocycles. The Balaban J connectivity index is 2.29. The van der Waals surface area contributed by atoms with Gasteiger partial charge >= 0.3 is 5.97 Å². The van der Waals surface area contributed by atoms with Crippen molar-refractivity contribution in [2.75, 3.05) is 5.73 Å². The first-order valence-corrected chi connectivity index (χ1v) is 4.48. The Hall–Kier alpha value is -1.10. The van der Waals surface area contributed by atoms with Gasteiger partial charge in [0.05, 0.1) is 5.69 Å². The number of anilines is 1. The summed E-state index contributed by atoms with van der Waals surface area (Å²) in [7, 11) is 0. The van der Waals surface area contributed by atoms with Crippen LogP contribution in [0.1, 0.15) is 18.5 Å². The van der Waals surface area contributed by atoms with Crippen LogP contribution < -0.4 is 5.73 Å². The van der Waals surface area contributed by atoms with E-state index in [2.05, 4.69) is 4.98 Å². The molecule has 0 fully saturated rings.